The number of nitrogens with one attached hydrogen (secondary N) is 2. The summed E-state index contributed by atoms with van der Waals surface area (Å²) in [5.41, 5.74) is -0.149. The van der Waals surface area contributed by atoms with Gasteiger partial charge in [0.2, 0.25) is 5.91 Å². The maximum Gasteiger partial charge on any atom is 0.313 e. The predicted octanol–water partition coefficient (Wildman–Crippen LogP) is 1.01. The van der Waals surface area contributed by atoms with Gasteiger partial charge in [-0.1, -0.05) is 11.6 Å². The lowest BCUT2D eigenvalue weighted by Gasteiger charge is -2.10. The van der Waals surface area contributed by atoms with Crippen LogP contribution in [0.4, 0.5) is 10.1 Å². The van der Waals surface area contributed by atoms with E-state index in [4.69, 9.17) is 11.6 Å². The fourth-order valence-electron chi connectivity index (χ4n) is 1.36. The van der Waals surface area contributed by atoms with Gasteiger partial charge in [0.25, 0.3) is 0 Å². The zero-order valence-corrected chi connectivity index (χ0v) is 12.3. The molecule has 0 aromatic heterocycles. The first-order valence-electron chi connectivity index (χ1n) is 6.05. The summed E-state index contributed by atoms with van der Waals surface area (Å²) in [6.45, 7) is 0.0202. The molecule has 0 aliphatic rings. The lowest BCUT2D eigenvalue weighted by molar-refractivity contribution is -0.136. The van der Waals surface area contributed by atoms with Gasteiger partial charge in [0.15, 0.2) is 0 Å². The highest BCUT2D eigenvalue weighted by Gasteiger charge is 2.16. The maximum atomic E-state index is 13.4. The van der Waals surface area contributed by atoms with E-state index in [-0.39, 0.29) is 29.6 Å². The molecule has 1 aromatic carbocycles. The molecule has 0 saturated carbocycles. The van der Waals surface area contributed by atoms with Gasteiger partial charge in [0.05, 0.1) is 5.69 Å². The molecule has 0 radical (unpaired) electrons. The van der Waals surface area contributed by atoms with Gasteiger partial charge in [-0.2, -0.15) is 0 Å². The second-order valence-electron chi connectivity index (χ2n) is 4.37. The Bertz CT molecular complexity index is 564. The summed E-state index contributed by atoms with van der Waals surface area (Å²) in [5.74, 6) is -2.89. The number of anilines is 1. The van der Waals surface area contributed by atoms with Crippen LogP contribution in [0.15, 0.2) is 18.2 Å². The average molecular weight is 316 g/mol. The van der Waals surface area contributed by atoms with Crippen molar-refractivity contribution in [3.05, 3.63) is 29.0 Å². The lowest BCUT2D eigenvalue weighted by atomic mass is 10.3. The molecule has 0 atom stereocenters. The van der Waals surface area contributed by atoms with Crippen LogP contribution >= 0.6 is 11.6 Å². The first-order valence-corrected chi connectivity index (χ1v) is 6.43. The molecule has 8 heteroatoms. The highest BCUT2D eigenvalue weighted by Crippen LogP contribution is 2.18. The molecule has 0 fully saturated rings. The van der Waals surface area contributed by atoms with Gasteiger partial charge in [-0.05, 0) is 18.2 Å². The Hall–Kier alpha value is -2.15. The molecule has 0 heterocycles. The van der Waals surface area contributed by atoms with Crippen LogP contribution in [0.2, 0.25) is 5.02 Å². The Kier molecular flexibility index (Phi) is 6.10. The van der Waals surface area contributed by atoms with Crippen LogP contribution in [0.1, 0.15) is 6.42 Å². The molecule has 3 amide bonds. The van der Waals surface area contributed by atoms with E-state index in [0.29, 0.717) is 0 Å². The molecule has 2 N–H and O–H groups in total. The van der Waals surface area contributed by atoms with Crippen molar-refractivity contribution in [2.45, 2.75) is 6.42 Å². The summed E-state index contributed by atoms with van der Waals surface area (Å²) in [6.07, 6.45) is 0.0708. The second kappa shape index (κ2) is 7.58. The first-order chi connectivity index (χ1) is 9.81. The molecular weight excluding hydrogens is 301 g/mol. The number of rotatable bonds is 4. The Morgan fingerprint density at radius 3 is 2.48 bits per heavy atom. The van der Waals surface area contributed by atoms with Crippen molar-refractivity contribution in [2.75, 3.05) is 26.0 Å². The highest BCUT2D eigenvalue weighted by molar-refractivity contribution is 6.39. The molecule has 0 aliphatic carbocycles. The van der Waals surface area contributed by atoms with E-state index in [9.17, 15) is 18.8 Å². The van der Waals surface area contributed by atoms with Gasteiger partial charge in [-0.3, -0.25) is 14.4 Å². The molecule has 1 aromatic rings. The minimum Gasteiger partial charge on any atom is -0.349 e. The van der Waals surface area contributed by atoms with Crippen LogP contribution in [0.25, 0.3) is 0 Å². The third-order valence-corrected chi connectivity index (χ3v) is 2.74. The topological polar surface area (TPSA) is 78.5 Å². The predicted molar refractivity (Wildman–Crippen MR) is 76.4 cm³/mol. The second-order valence-corrected chi connectivity index (χ2v) is 4.81. The third kappa shape index (κ3) is 5.39. The van der Waals surface area contributed by atoms with Crippen LogP contribution in [0, 0.1) is 5.82 Å². The Morgan fingerprint density at radius 2 is 1.90 bits per heavy atom. The van der Waals surface area contributed by atoms with Crippen molar-refractivity contribution in [3.8, 4) is 0 Å². The average Bonchev–Trinajstić information content (AvgIpc) is 2.41. The first kappa shape index (κ1) is 16.9. The summed E-state index contributed by atoms with van der Waals surface area (Å²) in [6, 6.07) is 3.65. The minimum absolute atomic E-state index is 0.0202. The van der Waals surface area contributed by atoms with Gasteiger partial charge < -0.3 is 15.5 Å². The molecule has 0 aliphatic heterocycles. The summed E-state index contributed by atoms with van der Waals surface area (Å²) >= 11 is 5.57. The molecule has 0 unspecified atom stereocenters. The number of benzene rings is 1. The van der Waals surface area contributed by atoms with Crippen molar-refractivity contribution in [1.29, 1.82) is 0 Å². The molecular formula is C13H15ClFN3O3. The van der Waals surface area contributed by atoms with Gasteiger partial charge in [0, 0.05) is 32.1 Å². The number of carbonyl (C=O) groups is 3. The van der Waals surface area contributed by atoms with E-state index in [1.54, 1.807) is 14.1 Å². The normalized spacial score (nSPS) is 9.90. The fraction of sp³-hybridized carbons (Fsp3) is 0.308. The SMILES string of the molecule is CN(C)C(=O)CCNC(=O)C(=O)Nc1ccc(Cl)cc1F. The number of carbonyl (C=O) groups excluding carboxylic acids is 3. The smallest absolute Gasteiger partial charge is 0.313 e. The van der Waals surface area contributed by atoms with Crippen molar-refractivity contribution in [1.82, 2.24) is 10.2 Å². The summed E-state index contributed by atoms with van der Waals surface area (Å²) in [7, 11) is 3.17. The van der Waals surface area contributed by atoms with E-state index < -0.39 is 17.6 Å². The van der Waals surface area contributed by atoms with E-state index in [1.807, 2.05) is 0 Å². The van der Waals surface area contributed by atoms with Crippen LogP contribution in [0.5, 0.6) is 0 Å². The van der Waals surface area contributed by atoms with Gasteiger partial charge >= 0.3 is 11.8 Å². The van der Waals surface area contributed by atoms with Gasteiger partial charge in [0.1, 0.15) is 5.82 Å². The maximum absolute atomic E-state index is 13.4. The zero-order valence-electron chi connectivity index (χ0n) is 11.6. The monoisotopic (exact) mass is 315 g/mol. The van der Waals surface area contributed by atoms with Gasteiger partial charge in [-0.25, -0.2) is 4.39 Å². The standard InChI is InChI=1S/C13H15ClFN3O3/c1-18(2)11(19)5-6-16-12(20)13(21)17-10-4-3-8(14)7-9(10)15/h3-4,7H,5-6H2,1-2H3,(H,16,20)(H,17,21). The quantitative estimate of drug-likeness (QED) is 0.814. The number of nitrogens with zero attached hydrogens (tertiary/aromatic N) is 1. The molecule has 6 nitrogen and oxygen atoms in total. The highest BCUT2D eigenvalue weighted by atomic mass is 35.5. The fourth-order valence-corrected chi connectivity index (χ4v) is 1.52. The number of halogens is 2. The van der Waals surface area contributed by atoms with E-state index in [1.165, 1.54) is 17.0 Å². The molecule has 21 heavy (non-hydrogen) atoms. The summed E-state index contributed by atoms with van der Waals surface area (Å²) < 4.78 is 13.4. The number of amides is 3. The van der Waals surface area contributed by atoms with Crippen molar-refractivity contribution >= 4 is 35.0 Å². The van der Waals surface area contributed by atoms with E-state index in [0.717, 1.165) is 6.07 Å². The third-order valence-electron chi connectivity index (χ3n) is 2.51. The van der Waals surface area contributed by atoms with Crippen LogP contribution in [-0.2, 0) is 14.4 Å². The van der Waals surface area contributed by atoms with Crippen LogP contribution < -0.4 is 10.6 Å². The minimum atomic E-state index is -1.02. The molecule has 0 bridgehead atoms. The molecule has 1 rings (SSSR count). The van der Waals surface area contributed by atoms with Crippen LogP contribution in [-0.4, -0.2) is 43.3 Å². The van der Waals surface area contributed by atoms with Crippen molar-refractivity contribution in [2.24, 2.45) is 0 Å². The zero-order chi connectivity index (χ0) is 16.0. The Labute approximate surface area is 126 Å². The number of hydrogen-bond acceptors (Lipinski definition) is 3. The Balaban J connectivity index is 2.48. The summed E-state index contributed by atoms with van der Waals surface area (Å²) in [5, 5.41) is 4.57. The molecule has 114 valence electrons. The van der Waals surface area contributed by atoms with Crippen LogP contribution in [0.3, 0.4) is 0 Å². The largest absolute Gasteiger partial charge is 0.349 e. The van der Waals surface area contributed by atoms with Crippen molar-refractivity contribution in [3.63, 3.8) is 0 Å². The van der Waals surface area contributed by atoms with E-state index in [2.05, 4.69) is 10.6 Å². The lowest BCUT2D eigenvalue weighted by Crippen LogP contribution is -2.37. The number of hydrogen-bond donors (Lipinski definition) is 2. The van der Waals surface area contributed by atoms with Gasteiger partial charge in [-0.15, -0.1) is 0 Å². The van der Waals surface area contributed by atoms with Crippen molar-refractivity contribution < 1.29 is 18.8 Å². The Morgan fingerprint density at radius 1 is 1.24 bits per heavy atom. The summed E-state index contributed by atoms with van der Waals surface area (Å²) in [4.78, 5) is 35.7. The molecule has 0 spiro atoms. The molecule has 0 saturated heterocycles. The van der Waals surface area contributed by atoms with E-state index >= 15 is 0 Å².